The molecule has 1 fully saturated rings. The van der Waals surface area contributed by atoms with Gasteiger partial charge in [0.1, 0.15) is 11.0 Å². The summed E-state index contributed by atoms with van der Waals surface area (Å²) in [5.41, 5.74) is 2.39. The Bertz CT molecular complexity index is 935. The van der Waals surface area contributed by atoms with Gasteiger partial charge >= 0.3 is 0 Å². The maximum atomic E-state index is 5.39. The van der Waals surface area contributed by atoms with Crippen LogP contribution in [0.15, 0.2) is 24.4 Å². The van der Waals surface area contributed by atoms with E-state index >= 15 is 0 Å². The number of rotatable bonds is 5. The summed E-state index contributed by atoms with van der Waals surface area (Å²) in [6, 6.07) is 5.65. The van der Waals surface area contributed by atoms with E-state index < -0.39 is 0 Å². The van der Waals surface area contributed by atoms with Crippen molar-refractivity contribution in [2.45, 2.75) is 0 Å². The Hall–Kier alpha value is -3.07. The number of piperazine rings is 1. The molecule has 0 unspecified atom stereocenters. The summed E-state index contributed by atoms with van der Waals surface area (Å²) in [6.45, 7) is 3.78. The number of nitrogens with one attached hydrogen (secondary N) is 2. The van der Waals surface area contributed by atoms with E-state index in [-0.39, 0.29) is 0 Å². The Kier molecular flexibility index (Phi) is 4.68. The average Bonchev–Trinajstić information content (AvgIpc) is 3.17. The maximum absolute atomic E-state index is 5.39. The van der Waals surface area contributed by atoms with Gasteiger partial charge in [-0.2, -0.15) is 10.1 Å². The highest BCUT2D eigenvalue weighted by Gasteiger charge is 2.19. The molecular formula is C18H23N7O2. The van der Waals surface area contributed by atoms with Crippen LogP contribution in [0.25, 0.3) is 11.0 Å². The predicted octanol–water partition coefficient (Wildman–Crippen LogP) is 1.87. The Morgan fingerprint density at radius 2 is 1.81 bits per heavy atom. The van der Waals surface area contributed by atoms with Crippen molar-refractivity contribution in [2.75, 3.05) is 57.7 Å². The van der Waals surface area contributed by atoms with Gasteiger partial charge in [0.05, 0.1) is 20.4 Å². The smallest absolute Gasteiger partial charge is 0.228 e. The van der Waals surface area contributed by atoms with Crippen molar-refractivity contribution in [3.05, 3.63) is 24.4 Å². The number of likely N-dealkylation sites (N-methyl/N-ethyl adjacent to an activating group) is 1. The summed E-state index contributed by atoms with van der Waals surface area (Å²) < 4.78 is 10.7. The third-order valence-corrected chi connectivity index (χ3v) is 4.72. The fourth-order valence-electron chi connectivity index (χ4n) is 3.12. The average molecular weight is 369 g/mol. The quantitative estimate of drug-likeness (QED) is 0.704. The molecule has 1 saturated heterocycles. The molecule has 4 rings (SSSR count). The molecule has 0 amide bonds. The van der Waals surface area contributed by atoms with Gasteiger partial charge < -0.3 is 24.6 Å². The molecule has 142 valence electrons. The summed E-state index contributed by atoms with van der Waals surface area (Å²) in [6.07, 6.45) is 1.72. The molecule has 3 aromatic rings. The number of benzene rings is 1. The third kappa shape index (κ3) is 3.45. The van der Waals surface area contributed by atoms with Crippen LogP contribution >= 0.6 is 0 Å². The number of anilines is 3. The molecule has 2 aromatic heterocycles. The van der Waals surface area contributed by atoms with Gasteiger partial charge in [-0.25, -0.2) is 4.98 Å². The number of aromatic amines is 1. The minimum atomic E-state index is 0.650. The fourth-order valence-corrected chi connectivity index (χ4v) is 3.12. The molecular weight excluding hydrogens is 346 g/mol. The summed E-state index contributed by atoms with van der Waals surface area (Å²) in [4.78, 5) is 13.9. The molecule has 9 nitrogen and oxygen atoms in total. The first-order valence-corrected chi connectivity index (χ1v) is 8.81. The highest BCUT2D eigenvalue weighted by molar-refractivity contribution is 5.88. The topological polar surface area (TPSA) is 91.4 Å². The van der Waals surface area contributed by atoms with Crippen LogP contribution in [-0.4, -0.2) is 72.5 Å². The first-order valence-electron chi connectivity index (χ1n) is 8.81. The number of hydrogen-bond acceptors (Lipinski definition) is 8. The lowest BCUT2D eigenvalue weighted by Gasteiger charge is -2.32. The van der Waals surface area contributed by atoms with E-state index in [2.05, 4.69) is 37.3 Å². The second-order valence-corrected chi connectivity index (χ2v) is 6.49. The second kappa shape index (κ2) is 7.28. The van der Waals surface area contributed by atoms with Crippen molar-refractivity contribution >= 4 is 28.5 Å². The Balaban J connectivity index is 1.67. The number of ether oxygens (including phenoxy) is 2. The van der Waals surface area contributed by atoms with E-state index in [1.54, 1.807) is 20.4 Å². The molecule has 0 atom stereocenters. The zero-order valence-corrected chi connectivity index (χ0v) is 15.7. The van der Waals surface area contributed by atoms with E-state index in [9.17, 15) is 0 Å². The lowest BCUT2D eigenvalue weighted by molar-refractivity contribution is 0.311. The van der Waals surface area contributed by atoms with E-state index in [1.165, 1.54) is 0 Å². The zero-order valence-electron chi connectivity index (χ0n) is 15.7. The number of methoxy groups -OCH3 is 2. The molecule has 0 aliphatic carbocycles. The minimum absolute atomic E-state index is 0.650. The fraction of sp³-hybridized carbons (Fsp3) is 0.389. The first kappa shape index (κ1) is 17.3. The second-order valence-electron chi connectivity index (χ2n) is 6.49. The van der Waals surface area contributed by atoms with Crippen molar-refractivity contribution in [2.24, 2.45) is 0 Å². The van der Waals surface area contributed by atoms with Crippen molar-refractivity contribution in [1.82, 2.24) is 25.1 Å². The number of H-pyrrole nitrogens is 1. The van der Waals surface area contributed by atoms with E-state index in [0.717, 1.165) is 42.9 Å². The predicted molar refractivity (Wildman–Crippen MR) is 104 cm³/mol. The monoisotopic (exact) mass is 369 g/mol. The SMILES string of the molecule is COc1ccc(Nc2nc(N3CCN(C)CC3)nc3cn[nH]c23)cc1OC. The standard InChI is InChI=1S/C18H23N7O2/c1-24-6-8-25(9-7-24)18-21-13-11-19-23-16(13)17(22-18)20-12-4-5-14(26-2)15(10-12)27-3/h4-5,10-11H,6-9H2,1-3H3,(H,19,23)(H,20,21,22). The van der Waals surface area contributed by atoms with E-state index in [1.807, 2.05) is 18.2 Å². The van der Waals surface area contributed by atoms with Crippen molar-refractivity contribution in [3.63, 3.8) is 0 Å². The van der Waals surface area contributed by atoms with Crippen LogP contribution in [-0.2, 0) is 0 Å². The van der Waals surface area contributed by atoms with Gasteiger partial charge in [0.25, 0.3) is 0 Å². The van der Waals surface area contributed by atoms with Gasteiger partial charge in [-0.15, -0.1) is 0 Å². The molecule has 1 aliphatic rings. The highest BCUT2D eigenvalue weighted by atomic mass is 16.5. The molecule has 0 saturated carbocycles. The van der Waals surface area contributed by atoms with Gasteiger partial charge in [0.15, 0.2) is 17.3 Å². The largest absolute Gasteiger partial charge is 0.493 e. The van der Waals surface area contributed by atoms with Crippen LogP contribution in [0.2, 0.25) is 0 Å². The molecule has 9 heteroatoms. The molecule has 3 heterocycles. The number of hydrogen-bond donors (Lipinski definition) is 2. The lowest BCUT2D eigenvalue weighted by atomic mass is 10.2. The molecule has 0 radical (unpaired) electrons. The van der Waals surface area contributed by atoms with Gasteiger partial charge in [-0.1, -0.05) is 0 Å². The minimum Gasteiger partial charge on any atom is -0.493 e. The van der Waals surface area contributed by atoms with Crippen molar-refractivity contribution in [3.8, 4) is 11.5 Å². The lowest BCUT2D eigenvalue weighted by Crippen LogP contribution is -2.45. The van der Waals surface area contributed by atoms with Gasteiger partial charge in [-0.3, -0.25) is 5.10 Å². The van der Waals surface area contributed by atoms with Crippen LogP contribution in [0.4, 0.5) is 17.5 Å². The zero-order chi connectivity index (χ0) is 18.8. The number of nitrogens with zero attached hydrogens (tertiary/aromatic N) is 5. The van der Waals surface area contributed by atoms with Crippen molar-refractivity contribution in [1.29, 1.82) is 0 Å². The summed E-state index contributed by atoms with van der Waals surface area (Å²) >= 11 is 0. The molecule has 1 aliphatic heterocycles. The first-order chi connectivity index (χ1) is 13.2. The van der Waals surface area contributed by atoms with Crippen LogP contribution in [0.5, 0.6) is 11.5 Å². The highest BCUT2D eigenvalue weighted by Crippen LogP contribution is 2.32. The van der Waals surface area contributed by atoms with E-state index in [0.29, 0.717) is 23.3 Å². The molecule has 1 aromatic carbocycles. The summed E-state index contributed by atoms with van der Waals surface area (Å²) in [5, 5.41) is 10.5. The maximum Gasteiger partial charge on any atom is 0.228 e. The Morgan fingerprint density at radius 3 is 2.56 bits per heavy atom. The third-order valence-electron chi connectivity index (χ3n) is 4.72. The summed E-state index contributed by atoms with van der Waals surface area (Å²) in [5.74, 6) is 2.71. The van der Waals surface area contributed by atoms with Gasteiger partial charge in [0, 0.05) is 37.9 Å². The number of aromatic nitrogens is 4. The van der Waals surface area contributed by atoms with Gasteiger partial charge in [0.2, 0.25) is 5.95 Å². The molecule has 0 bridgehead atoms. The Morgan fingerprint density at radius 1 is 1.04 bits per heavy atom. The van der Waals surface area contributed by atoms with Crippen LogP contribution in [0.3, 0.4) is 0 Å². The van der Waals surface area contributed by atoms with Crippen LogP contribution < -0.4 is 19.7 Å². The number of fused-ring (bicyclic) bond motifs is 1. The van der Waals surface area contributed by atoms with Gasteiger partial charge in [-0.05, 0) is 19.2 Å². The summed E-state index contributed by atoms with van der Waals surface area (Å²) in [7, 11) is 5.36. The molecule has 0 spiro atoms. The van der Waals surface area contributed by atoms with E-state index in [4.69, 9.17) is 14.5 Å². The van der Waals surface area contributed by atoms with Crippen molar-refractivity contribution < 1.29 is 9.47 Å². The van der Waals surface area contributed by atoms with Crippen LogP contribution in [0, 0.1) is 0 Å². The molecule has 27 heavy (non-hydrogen) atoms. The normalized spacial score (nSPS) is 15.1. The molecule has 2 N–H and O–H groups in total. The van der Waals surface area contributed by atoms with Crippen LogP contribution in [0.1, 0.15) is 0 Å². The Labute approximate surface area is 157 Å².